The Morgan fingerprint density at radius 2 is 1.86 bits per heavy atom. The fourth-order valence-corrected chi connectivity index (χ4v) is 3.79. The van der Waals surface area contributed by atoms with Gasteiger partial charge in [0, 0.05) is 18.4 Å². The zero-order valence-electron chi connectivity index (χ0n) is 16.1. The highest BCUT2D eigenvalue weighted by Crippen LogP contribution is 2.46. The predicted molar refractivity (Wildman–Crippen MR) is 107 cm³/mol. The van der Waals surface area contributed by atoms with Crippen LogP contribution in [-0.4, -0.2) is 36.0 Å². The summed E-state index contributed by atoms with van der Waals surface area (Å²) >= 11 is 0. The molecule has 0 spiro atoms. The maximum absolute atomic E-state index is 14.6. The molecule has 2 heterocycles. The number of fused-ring (bicyclic) bond motifs is 1. The van der Waals surface area contributed by atoms with Gasteiger partial charge in [0.1, 0.15) is 11.8 Å². The Bertz CT molecular complexity index is 796. The third-order valence-corrected chi connectivity index (χ3v) is 5.34. The molecule has 0 bridgehead atoms. The van der Waals surface area contributed by atoms with Crippen LogP contribution in [0.15, 0.2) is 42.5 Å². The van der Waals surface area contributed by atoms with Gasteiger partial charge in [-0.1, -0.05) is 36.0 Å². The number of rotatable bonds is 6. The van der Waals surface area contributed by atoms with E-state index in [2.05, 4.69) is 17.2 Å². The van der Waals surface area contributed by atoms with Crippen molar-refractivity contribution >= 4 is 17.1 Å². The van der Waals surface area contributed by atoms with Gasteiger partial charge in [-0.25, -0.2) is 9.40 Å². The first-order chi connectivity index (χ1) is 13.7. The first kappa shape index (κ1) is 19.0. The third-order valence-electron chi connectivity index (χ3n) is 5.34. The van der Waals surface area contributed by atoms with Crippen molar-refractivity contribution in [3.05, 3.63) is 48.3 Å². The average Bonchev–Trinajstić information content (AvgIpc) is 3.06. The number of halogens is 2. The summed E-state index contributed by atoms with van der Waals surface area (Å²) in [6.45, 7) is 5.18. The highest BCUT2D eigenvalue weighted by molar-refractivity contribution is 5.83. The van der Waals surface area contributed by atoms with E-state index in [4.69, 9.17) is 4.74 Å². The lowest BCUT2D eigenvalue weighted by atomic mass is 10.1. The largest absolute Gasteiger partial charge is 0.485 e. The molecule has 0 amide bonds. The number of unbranched alkanes of at least 4 members (excludes halogenated alkanes) is 1. The van der Waals surface area contributed by atoms with E-state index >= 15 is 0 Å². The van der Waals surface area contributed by atoms with Gasteiger partial charge in [0.15, 0.2) is 11.6 Å². The molecule has 0 aromatic heterocycles. The molecule has 1 saturated heterocycles. The SMILES string of the molecule is CCCCN1CCC(Oc2c(F)ccc3c2NN(F)N3c2ccccc2)CC1. The van der Waals surface area contributed by atoms with Crippen LogP contribution in [0.4, 0.5) is 25.9 Å². The lowest BCUT2D eigenvalue weighted by molar-refractivity contribution is 0.0662. The molecule has 0 aliphatic carbocycles. The molecule has 0 atom stereocenters. The number of nitrogens with one attached hydrogen (secondary N) is 1. The van der Waals surface area contributed by atoms with E-state index in [1.54, 1.807) is 18.2 Å². The molecular formula is C21H26F2N4O. The Morgan fingerprint density at radius 1 is 1.11 bits per heavy atom. The van der Waals surface area contributed by atoms with Crippen LogP contribution in [0.2, 0.25) is 0 Å². The average molecular weight is 388 g/mol. The van der Waals surface area contributed by atoms with Crippen molar-refractivity contribution in [2.45, 2.75) is 38.7 Å². The molecular weight excluding hydrogens is 362 g/mol. The Morgan fingerprint density at radius 3 is 2.57 bits per heavy atom. The number of likely N-dealkylation sites (tertiary alicyclic amines) is 1. The maximum atomic E-state index is 14.6. The molecule has 2 aliphatic rings. The number of anilines is 3. The van der Waals surface area contributed by atoms with Crippen molar-refractivity contribution in [3.63, 3.8) is 0 Å². The molecule has 7 heteroatoms. The quantitative estimate of drug-likeness (QED) is 0.700. The Kier molecular flexibility index (Phi) is 5.64. The highest BCUT2D eigenvalue weighted by Gasteiger charge is 2.34. The smallest absolute Gasteiger partial charge is 0.182 e. The van der Waals surface area contributed by atoms with E-state index in [1.807, 2.05) is 18.2 Å². The molecule has 5 nitrogen and oxygen atoms in total. The summed E-state index contributed by atoms with van der Waals surface area (Å²) in [6.07, 6.45) is 3.99. The summed E-state index contributed by atoms with van der Waals surface area (Å²) in [5.74, 6) is -0.395. The summed E-state index contributed by atoms with van der Waals surface area (Å²) in [5, 5.41) is 1.72. The van der Waals surface area contributed by atoms with E-state index < -0.39 is 5.82 Å². The number of hydrogen-bond donors (Lipinski definition) is 1. The van der Waals surface area contributed by atoms with Crippen LogP contribution in [-0.2, 0) is 0 Å². The third kappa shape index (κ3) is 3.77. The number of benzene rings is 2. The normalized spacial score (nSPS) is 18.2. The zero-order valence-corrected chi connectivity index (χ0v) is 16.1. The van der Waals surface area contributed by atoms with Crippen LogP contribution >= 0.6 is 0 Å². The van der Waals surface area contributed by atoms with E-state index in [0.717, 1.165) is 32.5 Å². The minimum Gasteiger partial charge on any atom is -0.485 e. The Balaban J connectivity index is 1.52. The monoisotopic (exact) mass is 388 g/mol. The van der Waals surface area contributed by atoms with Crippen molar-refractivity contribution < 1.29 is 13.6 Å². The highest BCUT2D eigenvalue weighted by atomic mass is 19.2. The Labute approximate surface area is 164 Å². The van der Waals surface area contributed by atoms with Crippen molar-refractivity contribution in [2.75, 3.05) is 30.1 Å². The number of para-hydroxylation sites is 1. The molecule has 1 fully saturated rings. The second-order valence-electron chi connectivity index (χ2n) is 7.30. The predicted octanol–water partition coefficient (Wildman–Crippen LogP) is 5.05. The zero-order chi connectivity index (χ0) is 19.5. The lowest BCUT2D eigenvalue weighted by Gasteiger charge is -2.32. The van der Waals surface area contributed by atoms with Gasteiger partial charge >= 0.3 is 0 Å². The van der Waals surface area contributed by atoms with Crippen LogP contribution < -0.4 is 15.2 Å². The lowest BCUT2D eigenvalue weighted by Crippen LogP contribution is -2.38. The van der Waals surface area contributed by atoms with E-state index in [9.17, 15) is 8.87 Å². The van der Waals surface area contributed by atoms with Gasteiger partial charge in [0.05, 0.1) is 11.4 Å². The standard InChI is InChI=1S/C21H26F2N4O/c1-2-3-13-25-14-11-17(12-15-25)28-21-18(22)9-10-19-20(21)24-27(23)26(19)16-7-5-4-6-8-16/h4-10,17,24H,2-3,11-15H2,1H3. The molecule has 0 saturated carbocycles. The molecule has 150 valence electrons. The molecule has 0 radical (unpaired) electrons. The van der Waals surface area contributed by atoms with Crippen LogP contribution in [0.1, 0.15) is 32.6 Å². The second-order valence-corrected chi connectivity index (χ2v) is 7.30. The minimum absolute atomic E-state index is 0.0699. The summed E-state index contributed by atoms with van der Waals surface area (Å²) in [5.41, 5.74) is 4.07. The Hall–Kier alpha value is -2.38. The second kappa shape index (κ2) is 8.32. The fourth-order valence-electron chi connectivity index (χ4n) is 3.79. The summed E-state index contributed by atoms with van der Waals surface area (Å²) < 4.78 is 35.2. The van der Waals surface area contributed by atoms with E-state index in [1.165, 1.54) is 23.9 Å². The maximum Gasteiger partial charge on any atom is 0.182 e. The number of nitrogens with zero attached hydrogens (tertiary/aromatic N) is 3. The number of ether oxygens (including phenoxy) is 1. The number of hydrogen-bond acceptors (Lipinski definition) is 5. The van der Waals surface area contributed by atoms with Crippen LogP contribution in [0, 0.1) is 5.82 Å². The van der Waals surface area contributed by atoms with Crippen LogP contribution in [0.25, 0.3) is 0 Å². The molecule has 2 aromatic rings. The van der Waals surface area contributed by atoms with Gasteiger partial charge < -0.3 is 9.64 Å². The van der Waals surface area contributed by atoms with Gasteiger partial charge in [-0.2, -0.15) is 0 Å². The first-order valence-electron chi connectivity index (χ1n) is 9.96. The van der Waals surface area contributed by atoms with E-state index in [-0.39, 0.29) is 11.9 Å². The summed E-state index contributed by atoms with van der Waals surface area (Å²) in [6, 6.07) is 12.0. The van der Waals surface area contributed by atoms with Gasteiger partial charge in [0.2, 0.25) is 0 Å². The fraction of sp³-hybridized carbons (Fsp3) is 0.429. The van der Waals surface area contributed by atoms with Gasteiger partial charge in [-0.15, -0.1) is 0 Å². The van der Waals surface area contributed by atoms with Gasteiger partial charge in [0.25, 0.3) is 0 Å². The van der Waals surface area contributed by atoms with Gasteiger partial charge in [-0.3, -0.25) is 5.43 Å². The summed E-state index contributed by atoms with van der Waals surface area (Å²) in [7, 11) is 0. The molecule has 0 unspecified atom stereocenters. The van der Waals surface area contributed by atoms with Crippen molar-refractivity contribution in [1.82, 2.24) is 10.2 Å². The van der Waals surface area contributed by atoms with Crippen LogP contribution in [0.3, 0.4) is 0 Å². The van der Waals surface area contributed by atoms with Crippen molar-refractivity contribution in [1.29, 1.82) is 0 Å². The molecule has 2 aliphatic heterocycles. The van der Waals surface area contributed by atoms with Crippen molar-refractivity contribution in [2.24, 2.45) is 0 Å². The van der Waals surface area contributed by atoms with Gasteiger partial charge in [-0.05, 0) is 50.1 Å². The molecule has 2 aromatic carbocycles. The number of piperidine rings is 1. The summed E-state index contributed by atoms with van der Waals surface area (Å²) in [4.78, 5) is 2.42. The molecule has 4 rings (SSSR count). The van der Waals surface area contributed by atoms with E-state index in [0.29, 0.717) is 22.4 Å². The molecule has 1 N–H and O–H groups in total. The minimum atomic E-state index is -0.483. The number of hydrazine groups is 2. The van der Waals surface area contributed by atoms with Crippen molar-refractivity contribution in [3.8, 4) is 5.75 Å². The van der Waals surface area contributed by atoms with Crippen LogP contribution in [0.5, 0.6) is 5.75 Å². The first-order valence-corrected chi connectivity index (χ1v) is 9.96. The topological polar surface area (TPSA) is 31.0 Å². The molecule has 28 heavy (non-hydrogen) atoms.